The number of likely N-dealkylation sites (N-methyl/N-ethyl adjacent to an activating group) is 1. The molecular weight excluding hydrogens is 456 g/mol. The Balaban J connectivity index is 1.84. The van der Waals surface area contributed by atoms with E-state index in [1.165, 1.54) is 29.5 Å². The highest BCUT2D eigenvalue weighted by Crippen LogP contribution is 2.31. The van der Waals surface area contributed by atoms with Crippen molar-refractivity contribution in [2.75, 3.05) is 32.1 Å². The summed E-state index contributed by atoms with van der Waals surface area (Å²) in [6.07, 6.45) is 3.12. The van der Waals surface area contributed by atoms with Gasteiger partial charge in [-0.3, -0.25) is 19.8 Å². The van der Waals surface area contributed by atoms with Gasteiger partial charge < -0.3 is 4.90 Å². The number of carbonyl (C=O) groups excluding carboxylic acids is 1. The van der Waals surface area contributed by atoms with Gasteiger partial charge in [0.05, 0.1) is 15.1 Å². The van der Waals surface area contributed by atoms with E-state index in [0.717, 1.165) is 14.7 Å². The number of non-ortho nitro benzene ring substituents is 1. The van der Waals surface area contributed by atoms with Gasteiger partial charge in [0.1, 0.15) is 0 Å². The summed E-state index contributed by atoms with van der Waals surface area (Å²) in [5.74, 6) is -0.191. The molecule has 0 saturated carbocycles. The fraction of sp³-hybridized carbons (Fsp3) is 0.200. The second kappa shape index (κ2) is 9.25. The molecule has 0 radical (unpaired) electrons. The Morgan fingerprint density at radius 2 is 1.93 bits per heavy atom. The maximum atomic E-state index is 12.9. The minimum Gasteiger partial charge on any atom is -0.308 e. The zero-order chi connectivity index (χ0) is 21.0. The van der Waals surface area contributed by atoms with E-state index >= 15 is 0 Å². The first-order valence-corrected chi connectivity index (χ1v) is 10.4. The average molecular weight is 475 g/mol. The van der Waals surface area contributed by atoms with E-state index in [0.29, 0.717) is 23.8 Å². The van der Waals surface area contributed by atoms with Crippen molar-refractivity contribution in [3.63, 3.8) is 0 Å². The number of carbonyl (C=O) groups is 1. The van der Waals surface area contributed by atoms with Crippen LogP contribution < -0.4 is 4.90 Å². The fourth-order valence-corrected chi connectivity index (χ4v) is 4.12. The first kappa shape index (κ1) is 21.1. The molecule has 0 aliphatic heterocycles. The lowest BCUT2D eigenvalue weighted by Crippen LogP contribution is -2.35. The molecule has 7 nitrogen and oxygen atoms in total. The van der Waals surface area contributed by atoms with E-state index in [4.69, 9.17) is 0 Å². The van der Waals surface area contributed by atoms with Gasteiger partial charge in [-0.15, -0.1) is 0 Å². The summed E-state index contributed by atoms with van der Waals surface area (Å²) in [5.41, 5.74) is 1.57. The molecule has 0 fully saturated rings. The number of nitro groups is 1. The number of hydrogen-bond acceptors (Lipinski definition) is 6. The lowest BCUT2D eigenvalue weighted by molar-refractivity contribution is -0.384. The van der Waals surface area contributed by atoms with Crippen LogP contribution in [0, 0.1) is 10.1 Å². The van der Waals surface area contributed by atoms with Crippen molar-refractivity contribution in [3.8, 4) is 0 Å². The molecule has 150 valence electrons. The van der Waals surface area contributed by atoms with E-state index in [1.54, 1.807) is 23.1 Å². The minimum atomic E-state index is -0.451. The normalized spacial score (nSPS) is 11.4. The number of hydrogen-bond donors (Lipinski definition) is 0. The summed E-state index contributed by atoms with van der Waals surface area (Å²) in [6.45, 7) is 1.19. The Morgan fingerprint density at radius 1 is 1.21 bits per heavy atom. The third kappa shape index (κ3) is 5.47. The summed E-state index contributed by atoms with van der Waals surface area (Å²) in [6, 6.07) is 11.9. The number of nitro benzene ring substituents is 1. The highest BCUT2D eigenvalue weighted by Gasteiger charge is 2.18. The fourth-order valence-electron chi connectivity index (χ4n) is 2.57. The predicted molar refractivity (Wildman–Crippen MR) is 120 cm³/mol. The first-order valence-electron chi connectivity index (χ1n) is 8.78. The first-order chi connectivity index (χ1) is 13.8. The zero-order valence-electron chi connectivity index (χ0n) is 15.9. The largest absolute Gasteiger partial charge is 0.308 e. The van der Waals surface area contributed by atoms with Gasteiger partial charge in [-0.25, -0.2) is 4.98 Å². The number of benzene rings is 2. The Bertz CT molecular complexity index is 1060. The lowest BCUT2D eigenvalue weighted by Gasteiger charge is -2.20. The maximum absolute atomic E-state index is 12.9. The zero-order valence-corrected chi connectivity index (χ0v) is 18.3. The molecule has 2 aromatic carbocycles. The molecule has 0 N–H and O–H groups in total. The molecule has 3 rings (SSSR count). The van der Waals surface area contributed by atoms with E-state index in [2.05, 4.69) is 20.9 Å². The molecule has 0 bridgehead atoms. The quantitative estimate of drug-likeness (QED) is 0.284. The number of aromatic nitrogens is 1. The molecule has 0 unspecified atom stereocenters. The van der Waals surface area contributed by atoms with E-state index in [1.807, 2.05) is 37.2 Å². The van der Waals surface area contributed by atoms with Crippen molar-refractivity contribution in [2.24, 2.45) is 0 Å². The Kier molecular flexibility index (Phi) is 6.73. The van der Waals surface area contributed by atoms with E-state index in [9.17, 15) is 14.9 Å². The molecule has 29 heavy (non-hydrogen) atoms. The molecule has 0 atom stereocenters. The molecule has 1 amide bonds. The van der Waals surface area contributed by atoms with Crippen LogP contribution in [0.4, 0.5) is 10.8 Å². The Labute approximate surface area is 180 Å². The van der Waals surface area contributed by atoms with Crippen LogP contribution in [0.25, 0.3) is 16.3 Å². The monoisotopic (exact) mass is 474 g/mol. The van der Waals surface area contributed by atoms with Crippen LogP contribution in [0.3, 0.4) is 0 Å². The number of halogens is 1. The summed E-state index contributed by atoms with van der Waals surface area (Å²) < 4.78 is 1.96. The molecule has 0 aliphatic carbocycles. The van der Waals surface area contributed by atoms with Crippen molar-refractivity contribution < 1.29 is 9.72 Å². The molecule has 3 aromatic rings. The second-order valence-electron chi connectivity index (χ2n) is 6.58. The molecule has 0 aliphatic rings. The molecule has 9 heteroatoms. The lowest BCUT2D eigenvalue weighted by atomic mass is 10.2. The standard InChI is InChI=1S/C20H19BrN4O3S/c1-23(2)11-12-24(20-22-17-9-6-15(21)13-18(17)29-20)19(26)10-5-14-3-7-16(8-4-14)25(27)28/h3-10,13H,11-12H2,1-2H3/b10-5-. The van der Waals surface area contributed by atoms with Crippen molar-refractivity contribution in [2.45, 2.75) is 0 Å². The third-order valence-electron chi connectivity index (χ3n) is 4.13. The van der Waals surface area contributed by atoms with Crippen LogP contribution in [-0.2, 0) is 4.79 Å². The summed E-state index contributed by atoms with van der Waals surface area (Å²) >= 11 is 4.92. The van der Waals surface area contributed by atoms with Gasteiger partial charge in [0.25, 0.3) is 11.6 Å². The van der Waals surface area contributed by atoms with Crippen LogP contribution in [-0.4, -0.2) is 47.9 Å². The number of fused-ring (bicyclic) bond motifs is 1. The Hall–Kier alpha value is -2.62. The van der Waals surface area contributed by atoms with Crippen LogP contribution >= 0.6 is 27.3 Å². The number of thiazole rings is 1. The van der Waals surface area contributed by atoms with Gasteiger partial charge in [-0.1, -0.05) is 27.3 Å². The molecule has 0 saturated heterocycles. The predicted octanol–water partition coefficient (Wildman–Crippen LogP) is 4.58. The number of anilines is 1. The third-order valence-corrected chi connectivity index (χ3v) is 5.66. The average Bonchev–Trinajstić information content (AvgIpc) is 3.09. The molecule has 1 aromatic heterocycles. The topological polar surface area (TPSA) is 79.6 Å². The molecule has 1 heterocycles. The number of rotatable bonds is 7. The van der Waals surface area contributed by atoms with E-state index < -0.39 is 4.92 Å². The molecular formula is C20H19BrN4O3S. The minimum absolute atomic E-state index is 0.0155. The van der Waals surface area contributed by atoms with Crippen LogP contribution in [0.5, 0.6) is 0 Å². The van der Waals surface area contributed by atoms with Crippen molar-refractivity contribution in [3.05, 3.63) is 68.7 Å². The highest BCUT2D eigenvalue weighted by atomic mass is 79.9. The van der Waals surface area contributed by atoms with Crippen LogP contribution in [0.15, 0.2) is 53.0 Å². The van der Waals surface area contributed by atoms with Gasteiger partial charge in [0.15, 0.2) is 5.13 Å². The summed E-state index contributed by atoms with van der Waals surface area (Å²) in [7, 11) is 3.90. The van der Waals surface area contributed by atoms with Crippen molar-refractivity contribution in [1.29, 1.82) is 0 Å². The maximum Gasteiger partial charge on any atom is 0.269 e. The van der Waals surface area contributed by atoms with Crippen molar-refractivity contribution in [1.82, 2.24) is 9.88 Å². The SMILES string of the molecule is CN(C)CCN(C(=O)/C=C\c1ccc([N+](=O)[O-])cc1)c1nc2ccc(Br)cc2s1. The second-order valence-corrected chi connectivity index (χ2v) is 8.51. The van der Waals surface area contributed by atoms with Gasteiger partial charge in [0, 0.05) is 35.8 Å². The van der Waals surface area contributed by atoms with Gasteiger partial charge in [-0.2, -0.15) is 0 Å². The molecule has 0 spiro atoms. The van der Waals surface area contributed by atoms with Gasteiger partial charge in [-0.05, 0) is 56.1 Å². The van der Waals surface area contributed by atoms with Gasteiger partial charge >= 0.3 is 0 Å². The van der Waals surface area contributed by atoms with Crippen LogP contribution in [0.1, 0.15) is 5.56 Å². The van der Waals surface area contributed by atoms with Gasteiger partial charge in [0.2, 0.25) is 0 Å². The number of nitrogens with zero attached hydrogens (tertiary/aromatic N) is 4. The van der Waals surface area contributed by atoms with Crippen LogP contribution in [0.2, 0.25) is 0 Å². The smallest absolute Gasteiger partial charge is 0.269 e. The summed E-state index contributed by atoms with van der Waals surface area (Å²) in [4.78, 5) is 31.5. The number of amides is 1. The van der Waals surface area contributed by atoms with E-state index in [-0.39, 0.29) is 11.6 Å². The Morgan fingerprint density at radius 3 is 2.59 bits per heavy atom. The van der Waals surface area contributed by atoms with Crippen molar-refractivity contribution >= 4 is 60.3 Å². The highest BCUT2D eigenvalue weighted by molar-refractivity contribution is 9.10. The summed E-state index contributed by atoms with van der Waals surface area (Å²) in [5, 5.41) is 11.4.